The lowest BCUT2D eigenvalue weighted by Crippen LogP contribution is -2.30. The third-order valence-corrected chi connectivity index (χ3v) is 3.33. The Hall–Kier alpha value is -1.55. The number of rotatable bonds is 5. The van der Waals surface area contributed by atoms with Crippen molar-refractivity contribution < 1.29 is 4.79 Å². The number of urea groups is 1. The molecule has 2 rings (SSSR count). The number of carbonyl (C=O) groups is 1. The van der Waals surface area contributed by atoms with E-state index in [9.17, 15) is 4.79 Å². The number of hydrogen-bond donors (Lipinski definition) is 3. The van der Waals surface area contributed by atoms with E-state index in [-0.39, 0.29) is 12.1 Å². The van der Waals surface area contributed by atoms with Gasteiger partial charge in [-0.1, -0.05) is 12.1 Å². The minimum Gasteiger partial charge on any atom is -0.338 e. The van der Waals surface area contributed by atoms with Crippen molar-refractivity contribution in [1.82, 2.24) is 10.6 Å². The minimum absolute atomic E-state index is 0.115. The molecule has 2 amide bonds. The third kappa shape index (κ3) is 3.74. The topological polar surface area (TPSA) is 53.2 Å². The van der Waals surface area contributed by atoms with Gasteiger partial charge in [0.1, 0.15) is 0 Å². The van der Waals surface area contributed by atoms with E-state index in [1.54, 1.807) is 0 Å². The van der Waals surface area contributed by atoms with Gasteiger partial charge in [0.2, 0.25) is 0 Å². The summed E-state index contributed by atoms with van der Waals surface area (Å²) < 4.78 is 0. The first-order valence-electron chi connectivity index (χ1n) is 6.51. The monoisotopic (exact) mass is 247 g/mol. The summed E-state index contributed by atoms with van der Waals surface area (Å²) in [5.41, 5.74) is 2.00. The molecule has 1 aliphatic rings. The van der Waals surface area contributed by atoms with Crippen molar-refractivity contribution in [1.29, 1.82) is 0 Å². The fourth-order valence-electron chi connectivity index (χ4n) is 1.79. The van der Waals surface area contributed by atoms with E-state index >= 15 is 0 Å². The molecule has 1 unspecified atom stereocenters. The Morgan fingerprint density at radius 3 is 2.89 bits per heavy atom. The van der Waals surface area contributed by atoms with Gasteiger partial charge in [0.05, 0.1) is 0 Å². The summed E-state index contributed by atoms with van der Waals surface area (Å²) >= 11 is 0. The average molecular weight is 247 g/mol. The van der Waals surface area contributed by atoms with Gasteiger partial charge in [0, 0.05) is 18.3 Å². The van der Waals surface area contributed by atoms with Crippen molar-refractivity contribution in [3.8, 4) is 0 Å². The molecule has 0 bridgehead atoms. The average Bonchev–Trinajstić information content (AvgIpc) is 3.20. The lowest BCUT2D eigenvalue weighted by molar-refractivity contribution is 0.251. The molecule has 1 aliphatic carbocycles. The SMILES string of the molecule is CNC(C)c1cccc(NC(=O)NCC2CC2)c1. The van der Waals surface area contributed by atoms with Crippen LogP contribution in [0.4, 0.5) is 10.5 Å². The van der Waals surface area contributed by atoms with Gasteiger partial charge in [0.25, 0.3) is 0 Å². The minimum atomic E-state index is -0.115. The highest BCUT2D eigenvalue weighted by molar-refractivity contribution is 5.89. The van der Waals surface area contributed by atoms with Crippen LogP contribution in [-0.2, 0) is 0 Å². The lowest BCUT2D eigenvalue weighted by atomic mass is 10.1. The molecule has 18 heavy (non-hydrogen) atoms. The highest BCUT2D eigenvalue weighted by Crippen LogP contribution is 2.27. The largest absolute Gasteiger partial charge is 0.338 e. The maximum atomic E-state index is 11.7. The van der Waals surface area contributed by atoms with Crippen LogP contribution in [0.1, 0.15) is 31.4 Å². The number of carbonyl (C=O) groups excluding carboxylic acids is 1. The van der Waals surface area contributed by atoms with E-state index in [0.29, 0.717) is 5.92 Å². The van der Waals surface area contributed by atoms with E-state index in [2.05, 4.69) is 28.9 Å². The number of amides is 2. The van der Waals surface area contributed by atoms with Gasteiger partial charge in [-0.2, -0.15) is 0 Å². The fraction of sp³-hybridized carbons (Fsp3) is 0.500. The highest BCUT2D eigenvalue weighted by atomic mass is 16.2. The molecule has 1 fully saturated rings. The summed E-state index contributed by atoms with van der Waals surface area (Å²) in [7, 11) is 1.92. The zero-order chi connectivity index (χ0) is 13.0. The maximum Gasteiger partial charge on any atom is 0.319 e. The Bertz CT molecular complexity index is 415. The first kappa shape index (κ1) is 12.9. The van der Waals surface area contributed by atoms with Crippen molar-refractivity contribution >= 4 is 11.7 Å². The van der Waals surface area contributed by atoms with Crippen LogP contribution < -0.4 is 16.0 Å². The van der Waals surface area contributed by atoms with Crippen LogP contribution in [0.15, 0.2) is 24.3 Å². The Labute approximate surface area is 108 Å². The van der Waals surface area contributed by atoms with Gasteiger partial charge < -0.3 is 16.0 Å². The van der Waals surface area contributed by atoms with Crippen LogP contribution in [0.3, 0.4) is 0 Å². The van der Waals surface area contributed by atoms with Gasteiger partial charge in [0.15, 0.2) is 0 Å². The summed E-state index contributed by atoms with van der Waals surface area (Å²) in [6.07, 6.45) is 2.49. The lowest BCUT2D eigenvalue weighted by Gasteiger charge is -2.13. The number of nitrogens with one attached hydrogen (secondary N) is 3. The zero-order valence-electron chi connectivity index (χ0n) is 11.0. The van der Waals surface area contributed by atoms with Crippen LogP contribution in [0.25, 0.3) is 0 Å². The van der Waals surface area contributed by atoms with Crippen molar-refractivity contribution in [3.63, 3.8) is 0 Å². The van der Waals surface area contributed by atoms with Crippen LogP contribution >= 0.6 is 0 Å². The van der Waals surface area contributed by atoms with Gasteiger partial charge in [-0.3, -0.25) is 0 Å². The molecule has 0 radical (unpaired) electrons. The summed E-state index contributed by atoms with van der Waals surface area (Å²) in [6, 6.07) is 8.08. The predicted molar refractivity (Wildman–Crippen MR) is 73.7 cm³/mol. The standard InChI is InChI=1S/C14H21N3O/c1-10(15-2)12-4-3-5-13(8-12)17-14(18)16-9-11-6-7-11/h3-5,8,10-11,15H,6-7,9H2,1-2H3,(H2,16,17,18). The molecule has 0 aliphatic heterocycles. The van der Waals surface area contributed by atoms with Crippen molar-refractivity contribution in [2.75, 3.05) is 18.9 Å². The summed E-state index contributed by atoms with van der Waals surface area (Å²) in [4.78, 5) is 11.7. The van der Waals surface area contributed by atoms with E-state index in [1.165, 1.54) is 12.8 Å². The second kappa shape index (κ2) is 5.87. The molecule has 0 aromatic heterocycles. The first-order chi connectivity index (χ1) is 8.69. The Morgan fingerprint density at radius 1 is 1.44 bits per heavy atom. The molecule has 4 heteroatoms. The van der Waals surface area contributed by atoms with Gasteiger partial charge in [-0.25, -0.2) is 4.79 Å². The molecular formula is C14H21N3O. The number of anilines is 1. The molecule has 1 aromatic rings. The number of hydrogen-bond acceptors (Lipinski definition) is 2. The number of benzene rings is 1. The quantitative estimate of drug-likeness (QED) is 0.748. The Balaban J connectivity index is 1.89. The van der Waals surface area contributed by atoms with Crippen LogP contribution in [0.2, 0.25) is 0 Å². The molecular weight excluding hydrogens is 226 g/mol. The predicted octanol–water partition coefficient (Wildman–Crippen LogP) is 2.50. The second-order valence-electron chi connectivity index (χ2n) is 4.91. The van der Waals surface area contributed by atoms with Crippen molar-refractivity contribution in [2.45, 2.75) is 25.8 Å². The molecule has 1 saturated carbocycles. The molecule has 1 atom stereocenters. The molecule has 3 N–H and O–H groups in total. The second-order valence-corrected chi connectivity index (χ2v) is 4.91. The molecule has 0 saturated heterocycles. The van der Waals surface area contributed by atoms with E-state index in [1.807, 2.05) is 25.2 Å². The van der Waals surface area contributed by atoms with Gasteiger partial charge in [-0.15, -0.1) is 0 Å². The smallest absolute Gasteiger partial charge is 0.319 e. The fourth-order valence-corrected chi connectivity index (χ4v) is 1.79. The normalized spacial score (nSPS) is 16.1. The van der Waals surface area contributed by atoms with E-state index < -0.39 is 0 Å². The molecule has 98 valence electrons. The summed E-state index contributed by atoms with van der Waals surface area (Å²) in [6.45, 7) is 2.88. The van der Waals surface area contributed by atoms with Crippen LogP contribution in [0, 0.1) is 5.92 Å². The molecule has 0 heterocycles. The molecule has 0 spiro atoms. The van der Waals surface area contributed by atoms with Crippen molar-refractivity contribution in [2.24, 2.45) is 5.92 Å². The summed E-state index contributed by atoms with van der Waals surface area (Å²) in [5, 5.41) is 8.94. The van der Waals surface area contributed by atoms with Gasteiger partial charge in [-0.05, 0) is 50.4 Å². The Morgan fingerprint density at radius 2 is 2.22 bits per heavy atom. The van der Waals surface area contributed by atoms with E-state index in [4.69, 9.17) is 0 Å². The molecule has 1 aromatic carbocycles. The van der Waals surface area contributed by atoms with Crippen molar-refractivity contribution in [3.05, 3.63) is 29.8 Å². The third-order valence-electron chi connectivity index (χ3n) is 3.33. The van der Waals surface area contributed by atoms with E-state index in [0.717, 1.165) is 17.8 Å². The molecule has 4 nitrogen and oxygen atoms in total. The highest BCUT2D eigenvalue weighted by Gasteiger charge is 2.21. The maximum absolute atomic E-state index is 11.7. The van der Waals surface area contributed by atoms with Gasteiger partial charge >= 0.3 is 6.03 Å². The zero-order valence-corrected chi connectivity index (χ0v) is 11.0. The summed E-state index contributed by atoms with van der Waals surface area (Å²) in [5.74, 6) is 0.700. The van der Waals surface area contributed by atoms with Crippen LogP contribution in [0.5, 0.6) is 0 Å². The van der Waals surface area contributed by atoms with Crippen LogP contribution in [-0.4, -0.2) is 19.6 Å². The first-order valence-corrected chi connectivity index (χ1v) is 6.51. The Kier molecular flexibility index (Phi) is 4.20.